The van der Waals surface area contributed by atoms with E-state index >= 15 is 0 Å². The van der Waals surface area contributed by atoms with Crippen LogP contribution in [0.4, 0.5) is 11.5 Å². The molecule has 0 saturated carbocycles. The second-order valence-corrected chi connectivity index (χ2v) is 5.11. The zero-order chi connectivity index (χ0) is 15.2. The molecule has 1 N–H and O–H groups in total. The molecule has 1 unspecified atom stereocenters. The first-order valence-corrected chi connectivity index (χ1v) is 7.24. The molecule has 0 aliphatic rings. The van der Waals surface area contributed by atoms with Crippen LogP contribution in [0.5, 0.6) is 5.75 Å². The van der Waals surface area contributed by atoms with Gasteiger partial charge in [-0.1, -0.05) is 18.2 Å². The molecule has 21 heavy (non-hydrogen) atoms. The van der Waals surface area contributed by atoms with Crippen molar-refractivity contribution in [2.75, 3.05) is 30.9 Å². The summed E-state index contributed by atoms with van der Waals surface area (Å²) in [6.07, 6.45) is 1.80. The van der Waals surface area contributed by atoms with Gasteiger partial charge in [-0.25, -0.2) is 4.98 Å². The maximum atomic E-state index is 5.71. The summed E-state index contributed by atoms with van der Waals surface area (Å²) < 4.78 is 5.71. The lowest BCUT2D eigenvalue weighted by Gasteiger charge is -2.22. The summed E-state index contributed by atoms with van der Waals surface area (Å²) in [6, 6.07) is 12.2. The highest BCUT2D eigenvalue weighted by atomic mass is 16.5. The monoisotopic (exact) mass is 285 g/mol. The summed E-state index contributed by atoms with van der Waals surface area (Å²) in [5.74, 6) is 1.86. The number of rotatable bonds is 6. The third-order valence-electron chi connectivity index (χ3n) is 3.27. The standard InChI is InChI=1S/C17H23N3O/c1-5-21-16-11-7-6-9-14(16)13(2)19-15-10-8-12-18-17(15)20(3)4/h6-13,19H,5H2,1-4H3. The lowest BCUT2D eigenvalue weighted by molar-refractivity contribution is 0.335. The second-order valence-electron chi connectivity index (χ2n) is 5.11. The van der Waals surface area contributed by atoms with Crippen molar-refractivity contribution in [1.82, 2.24) is 4.98 Å². The number of nitrogens with zero attached hydrogens (tertiary/aromatic N) is 2. The van der Waals surface area contributed by atoms with E-state index in [0.29, 0.717) is 6.61 Å². The number of hydrogen-bond acceptors (Lipinski definition) is 4. The fourth-order valence-electron chi connectivity index (χ4n) is 2.30. The molecule has 0 aliphatic heterocycles. The molecule has 4 nitrogen and oxygen atoms in total. The zero-order valence-corrected chi connectivity index (χ0v) is 13.1. The minimum Gasteiger partial charge on any atom is -0.494 e. The number of ether oxygens (including phenoxy) is 1. The Labute approximate surface area is 126 Å². The predicted molar refractivity (Wildman–Crippen MR) is 88.2 cm³/mol. The van der Waals surface area contributed by atoms with Crippen molar-refractivity contribution >= 4 is 11.5 Å². The Hall–Kier alpha value is -2.23. The smallest absolute Gasteiger partial charge is 0.151 e. The van der Waals surface area contributed by atoms with E-state index in [0.717, 1.165) is 22.8 Å². The predicted octanol–water partition coefficient (Wildman–Crippen LogP) is 3.72. The summed E-state index contributed by atoms with van der Waals surface area (Å²) >= 11 is 0. The number of benzene rings is 1. The van der Waals surface area contributed by atoms with E-state index < -0.39 is 0 Å². The summed E-state index contributed by atoms with van der Waals surface area (Å²) in [5, 5.41) is 3.52. The van der Waals surface area contributed by atoms with E-state index in [1.54, 1.807) is 6.20 Å². The van der Waals surface area contributed by atoms with Crippen LogP contribution in [0.15, 0.2) is 42.6 Å². The van der Waals surface area contributed by atoms with Gasteiger partial charge in [0, 0.05) is 25.9 Å². The molecule has 0 radical (unpaired) electrons. The van der Waals surface area contributed by atoms with Crippen molar-refractivity contribution in [1.29, 1.82) is 0 Å². The molecule has 0 bridgehead atoms. The van der Waals surface area contributed by atoms with Gasteiger partial charge in [-0.05, 0) is 32.0 Å². The van der Waals surface area contributed by atoms with Crippen LogP contribution >= 0.6 is 0 Å². The van der Waals surface area contributed by atoms with Gasteiger partial charge >= 0.3 is 0 Å². The molecule has 1 heterocycles. The van der Waals surface area contributed by atoms with Crippen LogP contribution in [0.2, 0.25) is 0 Å². The van der Waals surface area contributed by atoms with E-state index in [-0.39, 0.29) is 6.04 Å². The molecule has 112 valence electrons. The van der Waals surface area contributed by atoms with Crippen LogP contribution in [-0.4, -0.2) is 25.7 Å². The average molecular weight is 285 g/mol. The zero-order valence-electron chi connectivity index (χ0n) is 13.1. The van der Waals surface area contributed by atoms with Crippen LogP contribution in [0.25, 0.3) is 0 Å². The lowest BCUT2D eigenvalue weighted by Crippen LogP contribution is -2.16. The van der Waals surface area contributed by atoms with Crippen molar-refractivity contribution in [3.8, 4) is 5.75 Å². The van der Waals surface area contributed by atoms with Gasteiger partial charge < -0.3 is 15.0 Å². The molecule has 0 spiro atoms. The van der Waals surface area contributed by atoms with Gasteiger partial charge in [-0.3, -0.25) is 0 Å². The highest BCUT2D eigenvalue weighted by molar-refractivity contribution is 5.65. The summed E-state index contributed by atoms with van der Waals surface area (Å²) in [7, 11) is 3.98. The Morgan fingerprint density at radius 3 is 2.67 bits per heavy atom. The number of anilines is 2. The topological polar surface area (TPSA) is 37.4 Å². The maximum absolute atomic E-state index is 5.71. The second kappa shape index (κ2) is 6.97. The van der Waals surface area contributed by atoms with Crippen LogP contribution in [0.3, 0.4) is 0 Å². The molecule has 1 aromatic heterocycles. The maximum Gasteiger partial charge on any atom is 0.151 e. The summed E-state index contributed by atoms with van der Waals surface area (Å²) in [5.41, 5.74) is 2.16. The third-order valence-corrected chi connectivity index (χ3v) is 3.27. The largest absolute Gasteiger partial charge is 0.494 e. The first kappa shape index (κ1) is 15.2. The fraction of sp³-hybridized carbons (Fsp3) is 0.353. The quantitative estimate of drug-likeness (QED) is 0.877. The molecule has 0 fully saturated rings. The normalized spacial score (nSPS) is 11.8. The van der Waals surface area contributed by atoms with Crippen molar-refractivity contribution < 1.29 is 4.74 Å². The van der Waals surface area contributed by atoms with Gasteiger partial charge in [0.15, 0.2) is 5.82 Å². The molecule has 2 aromatic rings. The van der Waals surface area contributed by atoms with Crippen LogP contribution in [-0.2, 0) is 0 Å². The van der Waals surface area contributed by atoms with Gasteiger partial charge in [0.05, 0.1) is 18.3 Å². The Morgan fingerprint density at radius 2 is 1.95 bits per heavy atom. The van der Waals surface area contributed by atoms with Gasteiger partial charge in [-0.15, -0.1) is 0 Å². The molecule has 1 aromatic carbocycles. The fourth-order valence-corrected chi connectivity index (χ4v) is 2.30. The van der Waals surface area contributed by atoms with E-state index in [1.165, 1.54) is 0 Å². The highest BCUT2D eigenvalue weighted by Gasteiger charge is 2.13. The van der Waals surface area contributed by atoms with E-state index in [9.17, 15) is 0 Å². The van der Waals surface area contributed by atoms with Crippen molar-refractivity contribution in [2.24, 2.45) is 0 Å². The summed E-state index contributed by atoms with van der Waals surface area (Å²) in [4.78, 5) is 6.42. The minimum absolute atomic E-state index is 0.135. The van der Waals surface area contributed by atoms with E-state index in [1.807, 2.05) is 56.3 Å². The molecular weight excluding hydrogens is 262 g/mol. The Kier molecular flexibility index (Phi) is 5.04. The number of aromatic nitrogens is 1. The van der Waals surface area contributed by atoms with Crippen molar-refractivity contribution in [3.05, 3.63) is 48.2 Å². The highest BCUT2D eigenvalue weighted by Crippen LogP contribution is 2.30. The van der Waals surface area contributed by atoms with Gasteiger partial charge in [0.2, 0.25) is 0 Å². The molecular formula is C17H23N3O. The van der Waals surface area contributed by atoms with Gasteiger partial charge in [0.25, 0.3) is 0 Å². The van der Waals surface area contributed by atoms with E-state index in [2.05, 4.69) is 23.3 Å². The number of para-hydroxylation sites is 1. The molecule has 4 heteroatoms. The number of hydrogen-bond donors (Lipinski definition) is 1. The molecule has 0 aliphatic carbocycles. The van der Waals surface area contributed by atoms with Gasteiger partial charge in [-0.2, -0.15) is 0 Å². The lowest BCUT2D eigenvalue weighted by atomic mass is 10.1. The summed E-state index contributed by atoms with van der Waals surface area (Å²) in [6.45, 7) is 4.80. The first-order valence-electron chi connectivity index (χ1n) is 7.24. The van der Waals surface area contributed by atoms with E-state index in [4.69, 9.17) is 4.74 Å². The third kappa shape index (κ3) is 3.66. The van der Waals surface area contributed by atoms with Crippen molar-refractivity contribution in [3.63, 3.8) is 0 Å². The molecule has 1 atom stereocenters. The Morgan fingerprint density at radius 1 is 1.19 bits per heavy atom. The minimum atomic E-state index is 0.135. The van der Waals surface area contributed by atoms with Crippen molar-refractivity contribution in [2.45, 2.75) is 19.9 Å². The molecule has 0 saturated heterocycles. The van der Waals surface area contributed by atoms with Gasteiger partial charge in [0.1, 0.15) is 5.75 Å². The van der Waals surface area contributed by atoms with Crippen LogP contribution in [0.1, 0.15) is 25.5 Å². The SMILES string of the molecule is CCOc1ccccc1C(C)Nc1cccnc1N(C)C. The Bertz CT molecular complexity index is 584. The average Bonchev–Trinajstić information content (AvgIpc) is 2.48. The van der Waals surface area contributed by atoms with Crippen LogP contribution < -0.4 is 15.0 Å². The molecule has 0 amide bonds. The number of nitrogens with one attached hydrogen (secondary N) is 1. The molecule has 2 rings (SSSR count). The van der Waals surface area contributed by atoms with Crippen LogP contribution in [0, 0.1) is 0 Å². The first-order chi connectivity index (χ1) is 10.1. The number of pyridine rings is 1. The Balaban J connectivity index is 2.24.